The van der Waals surface area contributed by atoms with E-state index in [4.69, 9.17) is 9.47 Å². The lowest BCUT2D eigenvalue weighted by Gasteiger charge is -2.30. The fourth-order valence-corrected chi connectivity index (χ4v) is 2.81. The van der Waals surface area contributed by atoms with E-state index in [1.807, 2.05) is 40.2 Å². The summed E-state index contributed by atoms with van der Waals surface area (Å²) in [5.41, 5.74) is 0.678. The lowest BCUT2D eigenvalue weighted by atomic mass is 9.82. The van der Waals surface area contributed by atoms with Gasteiger partial charge in [-0.2, -0.15) is 5.10 Å². The molecule has 0 bridgehead atoms. The van der Waals surface area contributed by atoms with Crippen LogP contribution in [-0.4, -0.2) is 41.2 Å². The molecule has 0 unspecified atom stereocenters. The Kier molecular flexibility index (Phi) is 5.45. The van der Waals surface area contributed by atoms with Crippen molar-refractivity contribution in [1.82, 2.24) is 15.1 Å². The Labute approximate surface area is 132 Å². The van der Waals surface area contributed by atoms with Crippen LogP contribution in [-0.2, 0) is 16.5 Å². The molecule has 2 rings (SSSR count). The first-order chi connectivity index (χ1) is 10.3. The maximum atomic E-state index is 11.9. The molecule has 1 amide bonds. The molecule has 0 spiro atoms. The molecule has 1 aliphatic heterocycles. The van der Waals surface area contributed by atoms with Gasteiger partial charge in [-0.1, -0.05) is 0 Å². The third-order valence-corrected chi connectivity index (χ3v) is 3.85. The Hall–Kier alpha value is -1.56. The highest BCUT2D eigenvalue weighted by Crippen LogP contribution is 2.31. The predicted molar refractivity (Wildman–Crippen MR) is 83.7 cm³/mol. The maximum Gasteiger partial charge on any atom is 0.407 e. The van der Waals surface area contributed by atoms with Crippen LogP contribution in [0.5, 0.6) is 0 Å². The second-order valence-corrected chi connectivity index (χ2v) is 6.89. The molecular weight excluding hydrogens is 282 g/mol. The summed E-state index contributed by atoms with van der Waals surface area (Å²) >= 11 is 0. The number of carbonyl (C=O) groups excluding carboxylic acids is 1. The van der Waals surface area contributed by atoms with Crippen molar-refractivity contribution in [2.24, 2.45) is 13.0 Å². The Morgan fingerprint density at radius 1 is 1.50 bits per heavy atom. The van der Waals surface area contributed by atoms with Gasteiger partial charge in [0.05, 0.1) is 6.20 Å². The standard InChI is InChI=1S/C16H27N3O3/c1-16(2,3)22-15(20)17-10-14(12-5-7-21-8-6-12)13-9-18-19(4)11-13/h9,11-12,14H,5-8,10H2,1-4H3,(H,17,20)/t14-/m1/s1. The number of alkyl carbamates (subject to hydrolysis) is 1. The van der Waals surface area contributed by atoms with E-state index in [-0.39, 0.29) is 12.0 Å². The van der Waals surface area contributed by atoms with Crippen molar-refractivity contribution >= 4 is 6.09 Å². The first kappa shape index (κ1) is 16.8. The molecule has 6 nitrogen and oxygen atoms in total. The minimum atomic E-state index is -0.480. The van der Waals surface area contributed by atoms with Crippen molar-refractivity contribution in [3.8, 4) is 0 Å². The quantitative estimate of drug-likeness (QED) is 0.928. The number of aryl methyl sites for hydroxylation is 1. The highest BCUT2D eigenvalue weighted by Gasteiger charge is 2.27. The summed E-state index contributed by atoms with van der Waals surface area (Å²) in [6, 6.07) is 0. The van der Waals surface area contributed by atoms with Gasteiger partial charge in [-0.3, -0.25) is 4.68 Å². The van der Waals surface area contributed by atoms with E-state index in [1.165, 1.54) is 0 Å². The van der Waals surface area contributed by atoms with Crippen molar-refractivity contribution in [1.29, 1.82) is 0 Å². The van der Waals surface area contributed by atoms with E-state index in [9.17, 15) is 4.79 Å². The number of nitrogens with one attached hydrogen (secondary N) is 1. The first-order valence-corrected chi connectivity index (χ1v) is 7.88. The van der Waals surface area contributed by atoms with Gasteiger partial charge < -0.3 is 14.8 Å². The van der Waals surface area contributed by atoms with Crippen LogP contribution < -0.4 is 5.32 Å². The third kappa shape index (κ3) is 5.02. The fraction of sp³-hybridized carbons (Fsp3) is 0.750. The summed E-state index contributed by atoms with van der Waals surface area (Å²) in [7, 11) is 1.91. The van der Waals surface area contributed by atoms with Crippen molar-refractivity contribution < 1.29 is 14.3 Å². The van der Waals surface area contributed by atoms with Crippen LogP contribution in [0.25, 0.3) is 0 Å². The lowest BCUT2D eigenvalue weighted by Crippen LogP contribution is -2.37. The molecule has 1 aromatic heterocycles. The smallest absolute Gasteiger partial charge is 0.407 e. The van der Waals surface area contributed by atoms with Crippen LogP contribution in [0.15, 0.2) is 12.4 Å². The van der Waals surface area contributed by atoms with Gasteiger partial charge in [-0.15, -0.1) is 0 Å². The monoisotopic (exact) mass is 309 g/mol. The number of nitrogens with zero attached hydrogens (tertiary/aromatic N) is 2. The summed E-state index contributed by atoms with van der Waals surface area (Å²) in [4.78, 5) is 11.9. The molecule has 1 saturated heterocycles. The van der Waals surface area contributed by atoms with Gasteiger partial charge in [0.1, 0.15) is 5.60 Å². The molecule has 1 aromatic rings. The minimum absolute atomic E-state index is 0.241. The van der Waals surface area contributed by atoms with Crippen molar-refractivity contribution in [3.63, 3.8) is 0 Å². The SMILES string of the molecule is Cn1cc([C@H](CNC(=O)OC(C)(C)C)C2CCOCC2)cn1. The molecule has 22 heavy (non-hydrogen) atoms. The third-order valence-electron chi connectivity index (χ3n) is 3.85. The zero-order valence-electron chi connectivity index (χ0n) is 14.0. The van der Waals surface area contributed by atoms with Gasteiger partial charge in [0.2, 0.25) is 0 Å². The van der Waals surface area contributed by atoms with Crippen LogP contribution in [0.1, 0.15) is 45.1 Å². The van der Waals surface area contributed by atoms with Crippen molar-refractivity contribution in [3.05, 3.63) is 18.0 Å². The van der Waals surface area contributed by atoms with E-state index in [0.29, 0.717) is 12.5 Å². The number of hydrogen-bond acceptors (Lipinski definition) is 4. The maximum absolute atomic E-state index is 11.9. The average molecular weight is 309 g/mol. The van der Waals surface area contributed by atoms with Crippen molar-refractivity contribution in [2.75, 3.05) is 19.8 Å². The summed E-state index contributed by atoms with van der Waals surface area (Å²) in [5.74, 6) is 0.734. The first-order valence-electron chi connectivity index (χ1n) is 7.88. The summed E-state index contributed by atoms with van der Waals surface area (Å²) in [5, 5.41) is 7.17. The Bertz CT molecular complexity index is 487. The highest BCUT2D eigenvalue weighted by atomic mass is 16.6. The van der Waals surface area contributed by atoms with Crippen LogP contribution >= 0.6 is 0 Å². The second-order valence-electron chi connectivity index (χ2n) is 6.89. The molecule has 0 radical (unpaired) electrons. The largest absolute Gasteiger partial charge is 0.444 e. The van der Waals surface area contributed by atoms with E-state index in [0.717, 1.165) is 31.6 Å². The Balaban J connectivity index is 2.00. The summed E-state index contributed by atoms with van der Waals surface area (Å²) in [6.45, 7) is 7.73. The zero-order valence-corrected chi connectivity index (χ0v) is 14.0. The molecule has 1 N–H and O–H groups in total. The number of rotatable bonds is 4. The number of aromatic nitrogens is 2. The molecule has 1 fully saturated rings. The molecular formula is C16H27N3O3. The van der Waals surface area contributed by atoms with Crippen LogP contribution in [0.2, 0.25) is 0 Å². The minimum Gasteiger partial charge on any atom is -0.444 e. The van der Waals surface area contributed by atoms with E-state index < -0.39 is 5.60 Å². The molecule has 0 saturated carbocycles. The summed E-state index contributed by atoms with van der Waals surface area (Å²) in [6.07, 6.45) is 5.56. The Morgan fingerprint density at radius 2 is 2.18 bits per heavy atom. The normalized spacial score (nSPS) is 18.0. The molecule has 1 atom stereocenters. The van der Waals surface area contributed by atoms with Gasteiger partial charge in [0, 0.05) is 38.9 Å². The van der Waals surface area contributed by atoms with Crippen molar-refractivity contribution in [2.45, 2.75) is 45.1 Å². The Morgan fingerprint density at radius 3 is 2.73 bits per heavy atom. The second kappa shape index (κ2) is 7.13. The van der Waals surface area contributed by atoms with Gasteiger partial charge in [-0.05, 0) is 45.1 Å². The van der Waals surface area contributed by atoms with Crippen LogP contribution in [0.3, 0.4) is 0 Å². The van der Waals surface area contributed by atoms with Gasteiger partial charge >= 0.3 is 6.09 Å². The molecule has 0 aromatic carbocycles. The number of ether oxygens (including phenoxy) is 2. The number of carbonyl (C=O) groups is 1. The molecule has 0 aliphatic carbocycles. The zero-order chi connectivity index (χ0) is 16.2. The molecule has 6 heteroatoms. The average Bonchev–Trinajstić information content (AvgIpc) is 2.85. The van der Waals surface area contributed by atoms with Crippen LogP contribution in [0.4, 0.5) is 4.79 Å². The summed E-state index contributed by atoms with van der Waals surface area (Å²) < 4.78 is 12.6. The number of amides is 1. The van der Waals surface area contributed by atoms with E-state index in [1.54, 1.807) is 4.68 Å². The van der Waals surface area contributed by atoms with E-state index >= 15 is 0 Å². The molecule has 1 aliphatic rings. The molecule has 2 heterocycles. The van der Waals surface area contributed by atoms with Gasteiger partial charge in [0.15, 0.2) is 0 Å². The number of hydrogen-bond donors (Lipinski definition) is 1. The fourth-order valence-electron chi connectivity index (χ4n) is 2.81. The van der Waals surface area contributed by atoms with Gasteiger partial charge in [-0.25, -0.2) is 4.79 Å². The molecule has 124 valence electrons. The van der Waals surface area contributed by atoms with E-state index in [2.05, 4.69) is 10.4 Å². The van der Waals surface area contributed by atoms with Crippen LogP contribution in [0, 0.1) is 5.92 Å². The topological polar surface area (TPSA) is 65.4 Å². The van der Waals surface area contributed by atoms with Gasteiger partial charge in [0.25, 0.3) is 0 Å². The predicted octanol–water partition coefficient (Wildman–Crippen LogP) is 2.46. The lowest BCUT2D eigenvalue weighted by molar-refractivity contribution is 0.0472. The highest BCUT2D eigenvalue weighted by molar-refractivity contribution is 5.67.